The van der Waals surface area contributed by atoms with Crippen LogP contribution in [-0.2, 0) is 11.4 Å². The van der Waals surface area contributed by atoms with Crippen LogP contribution in [0.2, 0.25) is 0 Å². The summed E-state index contributed by atoms with van der Waals surface area (Å²) in [6, 6.07) is 17.6. The standard InChI is InChI=1S/C25H22FN3O3/c1-31-22-10-9-16(28-25(30)20-13-19(20)18-6-2-3-7-21(18)26)12-23(22)32-15-17-14-29-11-5-4-8-24(29)27-17/h2-12,14,19-20H,13,15H2,1H3,(H,28,30). The van der Waals surface area contributed by atoms with Crippen LogP contribution >= 0.6 is 0 Å². The zero-order chi connectivity index (χ0) is 22.1. The first-order valence-corrected chi connectivity index (χ1v) is 10.4. The predicted octanol–water partition coefficient (Wildman–Crippen LogP) is 4.80. The van der Waals surface area contributed by atoms with Crippen molar-refractivity contribution in [2.75, 3.05) is 12.4 Å². The number of methoxy groups -OCH3 is 1. The minimum absolute atomic E-state index is 0.0831. The molecule has 2 aromatic heterocycles. The predicted molar refractivity (Wildman–Crippen MR) is 118 cm³/mol. The van der Waals surface area contributed by atoms with Crippen molar-refractivity contribution < 1.29 is 18.7 Å². The molecule has 0 aliphatic heterocycles. The molecule has 1 saturated carbocycles. The maximum atomic E-state index is 14.0. The molecule has 2 heterocycles. The van der Waals surface area contributed by atoms with Gasteiger partial charge in [0.05, 0.1) is 12.8 Å². The lowest BCUT2D eigenvalue weighted by molar-refractivity contribution is -0.117. The van der Waals surface area contributed by atoms with Crippen LogP contribution in [0.25, 0.3) is 5.65 Å². The van der Waals surface area contributed by atoms with E-state index in [-0.39, 0.29) is 30.2 Å². The molecular formula is C25H22FN3O3. The smallest absolute Gasteiger partial charge is 0.228 e. The lowest BCUT2D eigenvalue weighted by Gasteiger charge is -2.12. The lowest BCUT2D eigenvalue weighted by Crippen LogP contribution is -2.15. The number of benzene rings is 2. The highest BCUT2D eigenvalue weighted by Gasteiger charge is 2.45. The summed E-state index contributed by atoms with van der Waals surface area (Å²) in [6.07, 6.45) is 4.47. The van der Waals surface area contributed by atoms with Gasteiger partial charge in [0.25, 0.3) is 0 Å². The first-order valence-electron chi connectivity index (χ1n) is 10.4. The molecule has 1 aliphatic carbocycles. The topological polar surface area (TPSA) is 64.9 Å². The molecule has 1 N–H and O–H groups in total. The number of hydrogen-bond donors (Lipinski definition) is 1. The van der Waals surface area contributed by atoms with Gasteiger partial charge in [0, 0.05) is 30.1 Å². The summed E-state index contributed by atoms with van der Waals surface area (Å²) in [5.41, 5.74) is 2.81. The fourth-order valence-electron chi connectivity index (χ4n) is 3.91. The molecule has 162 valence electrons. The van der Waals surface area contributed by atoms with E-state index < -0.39 is 0 Å². The number of hydrogen-bond acceptors (Lipinski definition) is 4. The fourth-order valence-corrected chi connectivity index (χ4v) is 3.91. The number of imidazole rings is 1. The van der Waals surface area contributed by atoms with Crippen LogP contribution in [0.1, 0.15) is 23.6 Å². The Morgan fingerprint density at radius 3 is 2.81 bits per heavy atom. The molecular weight excluding hydrogens is 409 g/mol. The number of halogens is 1. The third-order valence-electron chi connectivity index (χ3n) is 5.65. The molecule has 0 radical (unpaired) electrons. The number of rotatable bonds is 7. The Labute approximate surface area is 184 Å². The fraction of sp³-hybridized carbons (Fsp3) is 0.200. The first kappa shape index (κ1) is 20.1. The number of carbonyl (C=O) groups is 1. The van der Waals surface area contributed by atoms with Gasteiger partial charge in [-0.15, -0.1) is 0 Å². The molecule has 1 aliphatic rings. The summed E-state index contributed by atoms with van der Waals surface area (Å²) in [7, 11) is 1.56. The second kappa shape index (κ2) is 8.34. The van der Waals surface area contributed by atoms with Crippen LogP contribution < -0.4 is 14.8 Å². The number of anilines is 1. The highest BCUT2D eigenvalue weighted by atomic mass is 19.1. The molecule has 2 atom stereocenters. The number of carbonyl (C=O) groups excluding carboxylic acids is 1. The summed E-state index contributed by atoms with van der Waals surface area (Å²) in [6.45, 7) is 0.257. The monoisotopic (exact) mass is 431 g/mol. The van der Waals surface area contributed by atoms with Crippen LogP contribution in [-0.4, -0.2) is 22.4 Å². The summed E-state index contributed by atoms with van der Waals surface area (Å²) in [5, 5.41) is 2.92. The van der Waals surface area contributed by atoms with Gasteiger partial charge in [0.1, 0.15) is 18.1 Å². The maximum Gasteiger partial charge on any atom is 0.228 e. The van der Waals surface area contributed by atoms with Gasteiger partial charge >= 0.3 is 0 Å². The van der Waals surface area contributed by atoms with E-state index in [1.165, 1.54) is 6.07 Å². The highest BCUT2D eigenvalue weighted by molar-refractivity contribution is 5.95. The lowest BCUT2D eigenvalue weighted by atomic mass is 10.1. The van der Waals surface area contributed by atoms with E-state index in [0.29, 0.717) is 29.2 Å². The van der Waals surface area contributed by atoms with Crippen LogP contribution in [0.4, 0.5) is 10.1 Å². The second-order valence-corrected chi connectivity index (χ2v) is 7.81. The molecule has 0 bridgehead atoms. The first-order chi connectivity index (χ1) is 15.6. The van der Waals surface area contributed by atoms with Crippen LogP contribution in [0.3, 0.4) is 0 Å². The Morgan fingerprint density at radius 1 is 1.16 bits per heavy atom. The van der Waals surface area contributed by atoms with Crippen molar-refractivity contribution in [2.24, 2.45) is 5.92 Å². The van der Waals surface area contributed by atoms with Crippen molar-refractivity contribution in [3.05, 3.63) is 90.1 Å². The summed E-state index contributed by atoms with van der Waals surface area (Å²) in [5.74, 6) is 0.345. The normalized spacial score (nSPS) is 17.2. The Kier molecular flexibility index (Phi) is 5.23. The SMILES string of the molecule is COc1ccc(NC(=O)C2CC2c2ccccc2F)cc1OCc1cn2ccccc2n1. The van der Waals surface area contributed by atoms with Crippen molar-refractivity contribution in [1.29, 1.82) is 0 Å². The number of ether oxygens (including phenoxy) is 2. The average Bonchev–Trinajstić information content (AvgIpc) is 3.49. The summed E-state index contributed by atoms with van der Waals surface area (Å²) < 4.78 is 27.3. The third-order valence-corrected chi connectivity index (χ3v) is 5.65. The van der Waals surface area contributed by atoms with Crippen LogP contribution in [0.15, 0.2) is 73.1 Å². The minimum atomic E-state index is -0.264. The minimum Gasteiger partial charge on any atom is -0.493 e. The number of nitrogens with zero attached hydrogens (tertiary/aromatic N) is 2. The van der Waals surface area contributed by atoms with Crippen LogP contribution in [0.5, 0.6) is 11.5 Å². The summed E-state index contributed by atoms with van der Waals surface area (Å²) >= 11 is 0. The Hall–Kier alpha value is -3.87. The highest BCUT2D eigenvalue weighted by Crippen LogP contribution is 2.48. The van der Waals surface area contributed by atoms with Gasteiger partial charge in [-0.2, -0.15) is 0 Å². The third kappa shape index (κ3) is 4.01. The van der Waals surface area contributed by atoms with E-state index in [9.17, 15) is 9.18 Å². The average molecular weight is 431 g/mol. The second-order valence-electron chi connectivity index (χ2n) is 7.81. The molecule has 2 unspecified atom stereocenters. The Bertz CT molecular complexity index is 1250. The molecule has 5 rings (SSSR count). The Morgan fingerprint density at radius 2 is 2.00 bits per heavy atom. The van der Waals surface area contributed by atoms with Gasteiger partial charge in [-0.25, -0.2) is 9.37 Å². The van der Waals surface area contributed by atoms with E-state index in [2.05, 4.69) is 10.3 Å². The van der Waals surface area contributed by atoms with Gasteiger partial charge in [-0.05, 0) is 48.2 Å². The van der Waals surface area contributed by atoms with E-state index in [1.54, 1.807) is 43.5 Å². The zero-order valence-corrected chi connectivity index (χ0v) is 17.5. The molecule has 7 heteroatoms. The maximum absolute atomic E-state index is 14.0. The number of aromatic nitrogens is 2. The van der Waals surface area contributed by atoms with Gasteiger partial charge < -0.3 is 19.2 Å². The van der Waals surface area contributed by atoms with Crippen LogP contribution in [0, 0.1) is 11.7 Å². The molecule has 0 spiro atoms. The zero-order valence-electron chi connectivity index (χ0n) is 17.5. The van der Waals surface area contributed by atoms with Gasteiger partial charge in [0.15, 0.2) is 11.5 Å². The largest absolute Gasteiger partial charge is 0.493 e. The molecule has 1 amide bonds. The van der Waals surface area contributed by atoms with Crippen molar-refractivity contribution >= 4 is 17.2 Å². The number of fused-ring (bicyclic) bond motifs is 1. The van der Waals surface area contributed by atoms with Crippen molar-refractivity contribution in [2.45, 2.75) is 18.9 Å². The molecule has 32 heavy (non-hydrogen) atoms. The molecule has 4 aromatic rings. The van der Waals surface area contributed by atoms with E-state index in [0.717, 1.165) is 11.3 Å². The van der Waals surface area contributed by atoms with Gasteiger partial charge in [-0.1, -0.05) is 24.3 Å². The van der Waals surface area contributed by atoms with E-state index in [1.807, 2.05) is 35.0 Å². The quantitative estimate of drug-likeness (QED) is 0.456. The summed E-state index contributed by atoms with van der Waals surface area (Å²) in [4.78, 5) is 17.2. The van der Waals surface area contributed by atoms with E-state index in [4.69, 9.17) is 9.47 Å². The number of nitrogens with one attached hydrogen (secondary N) is 1. The molecule has 1 fully saturated rings. The number of amides is 1. The molecule has 2 aromatic carbocycles. The van der Waals surface area contributed by atoms with Crippen molar-refractivity contribution in [3.8, 4) is 11.5 Å². The molecule has 6 nitrogen and oxygen atoms in total. The number of pyridine rings is 1. The molecule has 0 saturated heterocycles. The Balaban J connectivity index is 1.27. The van der Waals surface area contributed by atoms with Crippen molar-refractivity contribution in [1.82, 2.24) is 9.38 Å². The van der Waals surface area contributed by atoms with Gasteiger partial charge in [0.2, 0.25) is 5.91 Å². The van der Waals surface area contributed by atoms with Crippen molar-refractivity contribution in [3.63, 3.8) is 0 Å². The van der Waals surface area contributed by atoms with E-state index >= 15 is 0 Å². The van der Waals surface area contributed by atoms with Gasteiger partial charge in [-0.3, -0.25) is 4.79 Å².